The van der Waals surface area contributed by atoms with Crippen molar-refractivity contribution in [3.63, 3.8) is 0 Å². The second-order valence-corrected chi connectivity index (χ2v) is 6.51. The Bertz CT molecular complexity index is 1040. The smallest absolute Gasteiger partial charge is 0.335 e. The number of thiophene rings is 1. The molecular weight excluding hydrogens is 327 g/mol. The van der Waals surface area contributed by atoms with E-state index in [0.717, 1.165) is 21.2 Å². The third-order valence-electron chi connectivity index (χ3n) is 4.02. The number of carboxylic acid groups (broad SMARTS) is 1. The van der Waals surface area contributed by atoms with Gasteiger partial charge in [-0.3, -0.25) is 0 Å². The predicted molar refractivity (Wildman–Crippen MR) is 94.2 cm³/mol. The van der Waals surface area contributed by atoms with Crippen molar-refractivity contribution >= 4 is 44.1 Å². The summed E-state index contributed by atoms with van der Waals surface area (Å²) in [5.74, 6) is -0.433. The van der Waals surface area contributed by atoms with Crippen molar-refractivity contribution in [3.8, 4) is 0 Å². The topological polar surface area (TPSA) is 62.2 Å². The summed E-state index contributed by atoms with van der Waals surface area (Å²) in [5, 5.41) is 16.3. The van der Waals surface area contributed by atoms with Crippen molar-refractivity contribution < 1.29 is 14.3 Å². The average Bonchev–Trinajstić information content (AvgIpc) is 3.06. The van der Waals surface area contributed by atoms with E-state index in [2.05, 4.69) is 10.3 Å². The van der Waals surface area contributed by atoms with E-state index in [1.54, 1.807) is 35.6 Å². The van der Waals surface area contributed by atoms with E-state index in [4.69, 9.17) is 0 Å². The average molecular weight is 340 g/mol. The Morgan fingerprint density at radius 2 is 2.08 bits per heavy atom. The lowest BCUT2D eigenvalue weighted by Gasteiger charge is -2.14. The Morgan fingerprint density at radius 1 is 1.21 bits per heavy atom. The molecule has 0 spiro atoms. The number of allylic oxidation sites excluding steroid dienone is 4. The quantitative estimate of drug-likeness (QED) is 0.697. The van der Waals surface area contributed by atoms with Crippen LogP contribution >= 0.6 is 11.3 Å². The van der Waals surface area contributed by atoms with Gasteiger partial charge in [0.2, 0.25) is 0 Å². The molecule has 2 N–H and O–H groups in total. The third-order valence-corrected chi connectivity index (χ3v) is 4.97. The van der Waals surface area contributed by atoms with Gasteiger partial charge in [-0.2, -0.15) is 0 Å². The summed E-state index contributed by atoms with van der Waals surface area (Å²) in [6.45, 7) is 0. The molecule has 1 aliphatic carbocycles. The first kappa shape index (κ1) is 14.8. The molecule has 24 heavy (non-hydrogen) atoms. The van der Waals surface area contributed by atoms with Gasteiger partial charge in [0.25, 0.3) is 0 Å². The van der Waals surface area contributed by atoms with Crippen LogP contribution in [0.5, 0.6) is 0 Å². The summed E-state index contributed by atoms with van der Waals surface area (Å²) < 4.78 is 14.2. The molecule has 0 amide bonds. The van der Waals surface area contributed by atoms with E-state index >= 15 is 0 Å². The fraction of sp³-hybridized carbons (Fsp3) is 0.111. The third kappa shape index (κ3) is 2.55. The van der Waals surface area contributed by atoms with Crippen molar-refractivity contribution in [2.45, 2.75) is 12.8 Å². The van der Waals surface area contributed by atoms with E-state index in [9.17, 15) is 14.3 Å². The second-order valence-electron chi connectivity index (χ2n) is 5.59. The highest BCUT2D eigenvalue weighted by atomic mass is 32.1. The van der Waals surface area contributed by atoms with Crippen LogP contribution in [0.25, 0.3) is 21.0 Å². The highest BCUT2D eigenvalue weighted by molar-refractivity contribution is 7.18. The second kappa shape index (κ2) is 5.72. The van der Waals surface area contributed by atoms with Crippen molar-refractivity contribution in [1.29, 1.82) is 0 Å². The van der Waals surface area contributed by atoms with Gasteiger partial charge in [0.15, 0.2) is 0 Å². The molecule has 0 radical (unpaired) electrons. The van der Waals surface area contributed by atoms with Crippen molar-refractivity contribution in [2.24, 2.45) is 0 Å². The van der Waals surface area contributed by atoms with Crippen molar-refractivity contribution in [2.75, 3.05) is 5.32 Å². The summed E-state index contributed by atoms with van der Waals surface area (Å²) in [5.41, 5.74) is 1.73. The molecule has 0 saturated heterocycles. The molecule has 1 aliphatic rings. The highest BCUT2D eigenvalue weighted by Crippen LogP contribution is 2.35. The Kier molecular flexibility index (Phi) is 3.54. The number of fused-ring (bicyclic) bond motifs is 3. The summed E-state index contributed by atoms with van der Waals surface area (Å²) >= 11 is 1.59. The van der Waals surface area contributed by atoms with Crippen LogP contribution in [-0.4, -0.2) is 16.1 Å². The number of nitrogens with zero attached hydrogens (tertiary/aromatic N) is 1. The number of pyridine rings is 1. The van der Waals surface area contributed by atoms with Gasteiger partial charge < -0.3 is 10.4 Å². The number of aromatic carboxylic acids is 1. The zero-order valence-corrected chi connectivity index (χ0v) is 13.4. The fourth-order valence-electron chi connectivity index (χ4n) is 2.80. The molecule has 0 unspecified atom stereocenters. The molecule has 1 aromatic carbocycles. The van der Waals surface area contributed by atoms with Crippen LogP contribution in [-0.2, 0) is 0 Å². The van der Waals surface area contributed by atoms with E-state index in [-0.39, 0.29) is 11.4 Å². The number of nitrogens with one attached hydrogen (secondary N) is 1. The lowest BCUT2D eigenvalue weighted by molar-refractivity contribution is 0.0697. The molecule has 0 saturated carbocycles. The van der Waals surface area contributed by atoms with Crippen LogP contribution in [0.2, 0.25) is 0 Å². The number of carboxylic acids is 1. The van der Waals surface area contributed by atoms with E-state index in [1.807, 2.05) is 11.4 Å². The largest absolute Gasteiger partial charge is 0.478 e. The summed E-state index contributed by atoms with van der Waals surface area (Å²) in [6.07, 6.45) is 4.14. The molecule has 2 aromatic heterocycles. The van der Waals surface area contributed by atoms with E-state index in [1.165, 1.54) is 6.08 Å². The molecule has 0 fully saturated rings. The van der Waals surface area contributed by atoms with Crippen LogP contribution in [0.3, 0.4) is 0 Å². The lowest BCUT2D eigenvalue weighted by Crippen LogP contribution is -2.04. The molecule has 0 atom stereocenters. The number of halogens is 1. The first-order valence-electron chi connectivity index (χ1n) is 7.48. The molecule has 0 bridgehead atoms. The zero-order valence-electron chi connectivity index (χ0n) is 12.5. The van der Waals surface area contributed by atoms with Gasteiger partial charge in [-0.05, 0) is 42.2 Å². The molecule has 120 valence electrons. The van der Waals surface area contributed by atoms with Crippen molar-refractivity contribution in [3.05, 3.63) is 58.9 Å². The molecule has 3 aromatic rings. The maximum atomic E-state index is 13.1. The van der Waals surface area contributed by atoms with Gasteiger partial charge in [0.1, 0.15) is 11.6 Å². The first-order valence-corrected chi connectivity index (χ1v) is 8.36. The number of anilines is 1. The number of hydrogen-bond donors (Lipinski definition) is 2. The molecule has 4 nitrogen and oxygen atoms in total. The molecule has 0 aliphatic heterocycles. The van der Waals surface area contributed by atoms with Gasteiger partial charge in [0.05, 0.1) is 11.1 Å². The van der Waals surface area contributed by atoms with Crippen LogP contribution in [0.4, 0.5) is 10.2 Å². The number of benzene rings is 1. The number of carbonyl (C=O) groups is 1. The summed E-state index contributed by atoms with van der Waals surface area (Å²) in [7, 11) is 0. The maximum absolute atomic E-state index is 13.1. The number of aromatic nitrogens is 1. The maximum Gasteiger partial charge on any atom is 0.335 e. The van der Waals surface area contributed by atoms with E-state index in [0.29, 0.717) is 24.2 Å². The van der Waals surface area contributed by atoms with Gasteiger partial charge >= 0.3 is 5.97 Å². The first-order chi connectivity index (χ1) is 11.6. The molecule has 4 rings (SSSR count). The summed E-state index contributed by atoms with van der Waals surface area (Å²) in [4.78, 5) is 15.8. The molecular formula is C18H13FN2O2S. The minimum Gasteiger partial charge on any atom is -0.478 e. The Balaban J connectivity index is 1.86. The van der Waals surface area contributed by atoms with Gasteiger partial charge in [-0.25, -0.2) is 14.2 Å². The normalized spacial score (nSPS) is 14.5. The monoisotopic (exact) mass is 340 g/mol. The lowest BCUT2D eigenvalue weighted by atomic mass is 10.1. The minimum absolute atomic E-state index is 0.126. The number of rotatable bonds is 3. The van der Waals surface area contributed by atoms with Crippen LogP contribution in [0.15, 0.2) is 53.3 Å². The molecule has 6 heteroatoms. The van der Waals surface area contributed by atoms with Crippen molar-refractivity contribution in [1.82, 2.24) is 4.98 Å². The SMILES string of the molecule is O=C(O)c1ccc2c(c1)nc(NC1=CC=C(F)CC1)c1ccsc12. The van der Waals surface area contributed by atoms with Gasteiger partial charge in [-0.15, -0.1) is 11.3 Å². The van der Waals surface area contributed by atoms with Crippen LogP contribution < -0.4 is 5.32 Å². The Morgan fingerprint density at radius 3 is 2.83 bits per heavy atom. The zero-order chi connectivity index (χ0) is 16.7. The Hall–Kier alpha value is -2.73. The standard InChI is InChI=1S/C18H13FN2O2S/c19-11-2-4-12(5-3-11)20-17-14-7-8-24-16(14)13-6-1-10(18(22)23)9-15(13)21-17/h1-2,4,6-9H,3,5H2,(H,20,21)(H,22,23). The summed E-state index contributed by atoms with van der Waals surface area (Å²) in [6, 6.07) is 6.96. The Labute approximate surface area is 140 Å². The minimum atomic E-state index is -0.977. The van der Waals surface area contributed by atoms with Crippen LogP contribution in [0.1, 0.15) is 23.2 Å². The van der Waals surface area contributed by atoms with Crippen LogP contribution in [0, 0.1) is 0 Å². The predicted octanol–water partition coefficient (Wildman–Crippen LogP) is 5.09. The molecule has 2 heterocycles. The number of hydrogen-bond acceptors (Lipinski definition) is 4. The van der Waals surface area contributed by atoms with Gasteiger partial charge in [-0.1, -0.05) is 6.07 Å². The van der Waals surface area contributed by atoms with E-state index < -0.39 is 5.97 Å². The van der Waals surface area contributed by atoms with Gasteiger partial charge in [0, 0.05) is 27.6 Å². The fourth-order valence-corrected chi connectivity index (χ4v) is 3.73. The highest BCUT2D eigenvalue weighted by Gasteiger charge is 2.14.